The summed E-state index contributed by atoms with van der Waals surface area (Å²) >= 11 is 3.42. The molecule has 0 amide bonds. The van der Waals surface area contributed by atoms with Crippen molar-refractivity contribution in [1.29, 1.82) is 0 Å². The molecular weight excluding hydrogens is 276 g/mol. The Kier molecular flexibility index (Phi) is 16.4. The summed E-state index contributed by atoms with van der Waals surface area (Å²) in [6, 6.07) is 0. The number of unbranched alkanes of at least 4 members (excludes halogenated alkanes) is 8. The molecule has 0 spiro atoms. The third-order valence-corrected chi connectivity index (χ3v) is 3.43. The van der Waals surface area contributed by atoms with Crippen LogP contribution in [0.1, 0.15) is 64.2 Å². The van der Waals surface area contributed by atoms with Gasteiger partial charge in [-0.1, -0.05) is 54.1 Å². The fourth-order valence-corrected chi connectivity index (χ4v) is 2.17. The SMILES string of the molecule is C=CCCCCCCCCCOCCCCBr. The Bertz CT molecular complexity index is 148. The van der Waals surface area contributed by atoms with Crippen LogP contribution in [-0.4, -0.2) is 18.5 Å². The van der Waals surface area contributed by atoms with E-state index in [1.54, 1.807) is 0 Å². The largest absolute Gasteiger partial charge is 0.381 e. The maximum atomic E-state index is 5.56. The van der Waals surface area contributed by atoms with Crippen molar-refractivity contribution < 1.29 is 4.74 Å². The smallest absolute Gasteiger partial charge is 0.0466 e. The van der Waals surface area contributed by atoms with Gasteiger partial charge in [-0.2, -0.15) is 0 Å². The summed E-state index contributed by atoms with van der Waals surface area (Å²) in [6.45, 7) is 5.63. The van der Waals surface area contributed by atoms with Gasteiger partial charge >= 0.3 is 0 Å². The molecule has 0 aliphatic rings. The molecule has 0 saturated carbocycles. The van der Waals surface area contributed by atoms with Crippen molar-refractivity contribution in [2.24, 2.45) is 0 Å². The average molecular weight is 305 g/mol. The molecule has 0 rings (SSSR count). The summed E-state index contributed by atoms with van der Waals surface area (Å²) < 4.78 is 5.56. The minimum atomic E-state index is 0.938. The van der Waals surface area contributed by atoms with E-state index >= 15 is 0 Å². The third-order valence-electron chi connectivity index (χ3n) is 2.87. The van der Waals surface area contributed by atoms with Gasteiger partial charge in [0, 0.05) is 18.5 Å². The van der Waals surface area contributed by atoms with Crippen LogP contribution in [0.5, 0.6) is 0 Å². The van der Waals surface area contributed by atoms with Crippen molar-refractivity contribution in [3.8, 4) is 0 Å². The molecule has 2 heteroatoms. The summed E-state index contributed by atoms with van der Waals surface area (Å²) in [5.41, 5.74) is 0. The van der Waals surface area contributed by atoms with Gasteiger partial charge < -0.3 is 4.74 Å². The number of allylic oxidation sites excluding steroid dienone is 1. The van der Waals surface area contributed by atoms with E-state index < -0.39 is 0 Å². The summed E-state index contributed by atoms with van der Waals surface area (Å²) in [4.78, 5) is 0. The van der Waals surface area contributed by atoms with Crippen molar-refractivity contribution in [1.82, 2.24) is 0 Å². The van der Waals surface area contributed by atoms with Gasteiger partial charge in [0.05, 0.1) is 0 Å². The highest BCUT2D eigenvalue weighted by molar-refractivity contribution is 9.09. The normalized spacial score (nSPS) is 10.6. The van der Waals surface area contributed by atoms with Crippen molar-refractivity contribution in [2.45, 2.75) is 64.2 Å². The Hall–Kier alpha value is 0.180. The quantitative estimate of drug-likeness (QED) is 0.234. The molecule has 0 aliphatic carbocycles. The van der Waals surface area contributed by atoms with Crippen LogP contribution in [0, 0.1) is 0 Å². The van der Waals surface area contributed by atoms with Gasteiger partial charge in [0.2, 0.25) is 0 Å². The predicted octanol–water partition coefficient (Wildman–Crippen LogP) is 5.48. The first-order valence-electron chi connectivity index (χ1n) is 7.16. The van der Waals surface area contributed by atoms with E-state index in [-0.39, 0.29) is 0 Å². The highest BCUT2D eigenvalue weighted by Crippen LogP contribution is 2.08. The zero-order valence-electron chi connectivity index (χ0n) is 11.3. The number of halogens is 1. The van der Waals surface area contributed by atoms with Gasteiger partial charge in [0.25, 0.3) is 0 Å². The fourth-order valence-electron chi connectivity index (χ4n) is 1.78. The van der Waals surface area contributed by atoms with E-state index in [2.05, 4.69) is 22.5 Å². The molecule has 0 saturated heterocycles. The molecule has 0 radical (unpaired) electrons. The number of rotatable bonds is 14. The van der Waals surface area contributed by atoms with Crippen LogP contribution in [0.15, 0.2) is 12.7 Å². The second-order valence-electron chi connectivity index (χ2n) is 4.56. The second kappa shape index (κ2) is 16.2. The molecule has 102 valence electrons. The predicted molar refractivity (Wildman–Crippen MR) is 81.0 cm³/mol. The third kappa shape index (κ3) is 16.2. The molecule has 0 aromatic heterocycles. The zero-order chi connectivity index (χ0) is 12.6. The van der Waals surface area contributed by atoms with Gasteiger partial charge in [-0.15, -0.1) is 6.58 Å². The van der Waals surface area contributed by atoms with E-state index in [0.29, 0.717) is 0 Å². The number of alkyl halides is 1. The first-order chi connectivity index (χ1) is 8.41. The first kappa shape index (κ1) is 17.2. The van der Waals surface area contributed by atoms with Crippen LogP contribution in [0.2, 0.25) is 0 Å². The molecule has 0 aliphatic heterocycles. The minimum absolute atomic E-state index is 0.938. The van der Waals surface area contributed by atoms with Crippen molar-refractivity contribution in [3.05, 3.63) is 12.7 Å². The van der Waals surface area contributed by atoms with Gasteiger partial charge in [0.15, 0.2) is 0 Å². The molecule has 0 aromatic rings. The first-order valence-corrected chi connectivity index (χ1v) is 8.28. The standard InChI is InChI=1S/C15H29BrO/c1-2-3-4-5-6-7-8-9-11-14-17-15-12-10-13-16/h2H,1,3-15H2. The number of hydrogen-bond acceptors (Lipinski definition) is 1. The maximum absolute atomic E-state index is 5.56. The second-order valence-corrected chi connectivity index (χ2v) is 5.35. The van der Waals surface area contributed by atoms with Crippen LogP contribution in [0.3, 0.4) is 0 Å². The lowest BCUT2D eigenvalue weighted by Gasteiger charge is -2.03. The van der Waals surface area contributed by atoms with E-state index in [4.69, 9.17) is 4.74 Å². The fraction of sp³-hybridized carbons (Fsp3) is 0.867. The van der Waals surface area contributed by atoms with Crippen LogP contribution in [-0.2, 0) is 4.74 Å². The molecule has 0 N–H and O–H groups in total. The van der Waals surface area contributed by atoms with Crippen LogP contribution >= 0.6 is 15.9 Å². The Morgan fingerprint density at radius 1 is 0.765 bits per heavy atom. The highest BCUT2D eigenvalue weighted by atomic mass is 79.9. The highest BCUT2D eigenvalue weighted by Gasteiger charge is 1.92. The molecule has 0 bridgehead atoms. The lowest BCUT2D eigenvalue weighted by atomic mass is 10.1. The van der Waals surface area contributed by atoms with E-state index in [1.165, 1.54) is 64.2 Å². The van der Waals surface area contributed by atoms with E-state index in [1.807, 2.05) is 6.08 Å². The van der Waals surface area contributed by atoms with Crippen LogP contribution in [0.25, 0.3) is 0 Å². The molecular formula is C15H29BrO. The molecule has 17 heavy (non-hydrogen) atoms. The van der Waals surface area contributed by atoms with Gasteiger partial charge in [-0.05, 0) is 32.1 Å². The molecule has 0 aromatic carbocycles. The summed E-state index contributed by atoms with van der Waals surface area (Å²) in [7, 11) is 0. The molecule has 1 nitrogen and oxygen atoms in total. The summed E-state index contributed by atoms with van der Waals surface area (Å²) in [6.07, 6.45) is 15.0. The van der Waals surface area contributed by atoms with Gasteiger partial charge in [0.1, 0.15) is 0 Å². The minimum Gasteiger partial charge on any atom is -0.381 e. The lowest BCUT2D eigenvalue weighted by Crippen LogP contribution is -1.97. The average Bonchev–Trinajstić information content (AvgIpc) is 2.35. The Labute approximate surface area is 116 Å². The lowest BCUT2D eigenvalue weighted by molar-refractivity contribution is 0.127. The molecule has 0 heterocycles. The Balaban J connectivity index is 2.87. The maximum Gasteiger partial charge on any atom is 0.0466 e. The van der Waals surface area contributed by atoms with Crippen molar-refractivity contribution in [2.75, 3.05) is 18.5 Å². The van der Waals surface area contributed by atoms with E-state index in [9.17, 15) is 0 Å². The van der Waals surface area contributed by atoms with Gasteiger partial charge in [-0.25, -0.2) is 0 Å². The van der Waals surface area contributed by atoms with Crippen molar-refractivity contribution in [3.63, 3.8) is 0 Å². The Morgan fingerprint density at radius 2 is 1.29 bits per heavy atom. The van der Waals surface area contributed by atoms with Crippen LogP contribution < -0.4 is 0 Å². The number of hydrogen-bond donors (Lipinski definition) is 0. The Morgan fingerprint density at radius 3 is 1.88 bits per heavy atom. The van der Waals surface area contributed by atoms with E-state index in [0.717, 1.165) is 18.5 Å². The van der Waals surface area contributed by atoms with Crippen LogP contribution in [0.4, 0.5) is 0 Å². The van der Waals surface area contributed by atoms with Crippen molar-refractivity contribution >= 4 is 15.9 Å². The molecule has 0 atom stereocenters. The zero-order valence-corrected chi connectivity index (χ0v) is 12.8. The molecule has 0 unspecified atom stereocenters. The monoisotopic (exact) mass is 304 g/mol. The topological polar surface area (TPSA) is 9.23 Å². The summed E-state index contributed by atoms with van der Waals surface area (Å²) in [5.74, 6) is 0. The summed E-state index contributed by atoms with van der Waals surface area (Å²) in [5, 5.41) is 1.10. The molecule has 0 fully saturated rings. The number of ether oxygens (including phenoxy) is 1. The van der Waals surface area contributed by atoms with Gasteiger partial charge in [-0.3, -0.25) is 0 Å².